The minimum Gasteiger partial charge on any atom is -0.390 e. The van der Waals surface area contributed by atoms with E-state index in [9.17, 15) is 5.11 Å². The third-order valence-electron chi connectivity index (χ3n) is 2.93. The number of aliphatic hydroxyl groups is 1. The SMILES string of the molecule is CCCOCCNC[C@@H](O)[C@@H](N)Cc1ccccc1. The zero-order valence-electron chi connectivity index (χ0n) is 11.7. The van der Waals surface area contributed by atoms with E-state index >= 15 is 0 Å². The Balaban J connectivity index is 2.13. The van der Waals surface area contributed by atoms with Crippen molar-refractivity contribution in [2.45, 2.75) is 31.9 Å². The van der Waals surface area contributed by atoms with Crippen LogP contribution in [0.15, 0.2) is 30.3 Å². The van der Waals surface area contributed by atoms with Crippen LogP contribution in [0.25, 0.3) is 0 Å². The van der Waals surface area contributed by atoms with Gasteiger partial charge < -0.3 is 20.9 Å². The first kappa shape index (κ1) is 16.1. The molecule has 1 aromatic rings. The number of rotatable bonds is 10. The van der Waals surface area contributed by atoms with E-state index in [2.05, 4.69) is 12.2 Å². The Morgan fingerprint density at radius 2 is 2.00 bits per heavy atom. The molecule has 0 unspecified atom stereocenters. The van der Waals surface area contributed by atoms with Gasteiger partial charge in [0, 0.05) is 25.7 Å². The molecule has 0 saturated carbocycles. The third-order valence-corrected chi connectivity index (χ3v) is 2.93. The minimum absolute atomic E-state index is 0.244. The minimum atomic E-state index is -0.536. The van der Waals surface area contributed by atoms with Crippen LogP contribution < -0.4 is 11.1 Å². The summed E-state index contributed by atoms with van der Waals surface area (Å²) < 4.78 is 5.35. The van der Waals surface area contributed by atoms with E-state index in [1.807, 2.05) is 30.3 Å². The van der Waals surface area contributed by atoms with Crippen molar-refractivity contribution in [3.05, 3.63) is 35.9 Å². The Kier molecular flexibility index (Phi) is 8.41. The van der Waals surface area contributed by atoms with Crippen LogP contribution >= 0.6 is 0 Å². The van der Waals surface area contributed by atoms with Crippen LogP contribution in [0.2, 0.25) is 0 Å². The maximum Gasteiger partial charge on any atom is 0.0818 e. The number of aliphatic hydroxyl groups excluding tert-OH is 1. The fraction of sp³-hybridized carbons (Fsp3) is 0.600. The molecule has 0 aliphatic heterocycles. The first-order valence-electron chi connectivity index (χ1n) is 7.00. The van der Waals surface area contributed by atoms with E-state index in [0.717, 1.165) is 25.1 Å². The molecule has 0 heterocycles. The second-order valence-corrected chi connectivity index (χ2v) is 4.74. The van der Waals surface area contributed by atoms with Crippen molar-refractivity contribution in [1.29, 1.82) is 0 Å². The smallest absolute Gasteiger partial charge is 0.0818 e. The highest BCUT2D eigenvalue weighted by Crippen LogP contribution is 2.04. The molecule has 0 spiro atoms. The summed E-state index contributed by atoms with van der Waals surface area (Å²) in [5.41, 5.74) is 7.14. The van der Waals surface area contributed by atoms with Crippen LogP contribution in [-0.2, 0) is 11.2 Å². The quantitative estimate of drug-likeness (QED) is 0.551. The molecule has 0 aliphatic carbocycles. The molecule has 0 aromatic heterocycles. The Morgan fingerprint density at radius 1 is 1.26 bits per heavy atom. The predicted octanol–water partition coefficient (Wildman–Crippen LogP) is 0.934. The maximum atomic E-state index is 9.95. The van der Waals surface area contributed by atoms with Crippen LogP contribution in [0, 0.1) is 0 Å². The molecule has 0 amide bonds. The summed E-state index contributed by atoms with van der Waals surface area (Å²) in [6.45, 7) is 4.80. The number of nitrogens with two attached hydrogens (primary N) is 1. The Labute approximate surface area is 116 Å². The molecule has 2 atom stereocenters. The molecular weight excluding hydrogens is 240 g/mol. The molecule has 0 bridgehead atoms. The van der Waals surface area contributed by atoms with Crippen LogP contribution in [0.3, 0.4) is 0 Å². The standard InChI is InChI=1S/C15H26N2O2/c1-2-9-19-10-8-17-12-15(18)14(16)11-13-6-4-3-5-7-13/h3-7,14-15,17-18H,2,8-12,16H2,1H3/t14-,15+/m0/s1. The number of nitrogens with one attached hydrogen (secondary N) is 1. The lowest BCUT2D eigenvalue weighted by Crippen LogP contribution is -2.43. The van der Waals surface area contributed by atoms with Gasteiger partial charge in [-0.3, -0.25) is 0 Å². The molecule has 0 fully saturated rings. The third kappa shape index (κ3) is 7.28. The van der Waals surface area contributed by atoms with Crippen molar-refractivity contribution >= 4 is 0 Å². The summed E-state index contributed by atoms with van der Waals surface area (Å²) in [6, 6.07) is 9.75. The molecule has 4 heteroatoms. The van der Waals surface area contributed by atoms with Gasteiger partial charge in [-0.25, -0.2) is 0 Å². The van der Waals surface area contributed by atoms with E-state index in [0.29, 0.717) is 19.6 Å². The van der Waals surface area contributed by atoms with Crippen molar-refractivity contribution in [1.82, 2.24) is 5.32 Å². The maximum absolute atomic E-state index is 9.95. The van der Waals surface area contributed by atoms with Gasteiger partial charge in [-0.15, -0.1) is 0 Å². The van der Waals surface area contributed by atoms with E-state index in [4.69, 9.17) is 10.5 Å². The van der Waals surface area contributed by atoms with Gasteiger partial charge in [0.15, 0.2) is 0 Å². The van der Waals surface area contributed by atoms with Crippen molar-refractivity contribution < 1.29 is 9.84 Å². The Morgan fingerprint density at radius 3 is 2.68 bits per heavy atom. The second kappa shape index (κ2) is 9.92. The second-order valence-electron chi connectivity index (χ2n) is 4.74. The average Bonchev–Trinajstić information content (AvgIpc) is 2.43. The number of hydrogen-bond donors (Lipinski definition) is 3. The van der Waals surface area contributed by atoms with E-state index in [1.54, 1.807) is 0 Å². The summed E-state index contributed by atoms with van der Waals surface area (Å²) in [7, 11) is 0. The van der Waals surface area contributed by atoms with Gasteiger partial charge in [0.25, 0.3) is 0 Å². The molecular formula is C15H26N2O2. The van der Waals surface area contributed by atoms with Gasteiger partial charge >= 0.3 is 0 Å². The lowest BCUT2D eigenvalue weighted by atomic mass is 10.0. The molecule has 0 saturated heterocycles. The zero-order chi connectivity index (χ0) is 13.9. The molecule has 4 N–H and O–H groups in total. The predicted molar refractivity (Wildman–Crippen MR) is 78.1 cm³/mol. The monoisotopic (exact) mass is 266 g/mol. The first-order valence-corrected chi connectivity index (χ1v) is 7.00. The Hall–Kier alpha value is -0.940. The molecule has 1 rings (SSSR count). The summed E-state index contributed by atoms with van der Waals surface area (Å²) >= 11 is 0. The van der Waals surface area contributed by atoms with Gasteiger partial charge in [0.05, 0.1) is 12.7 Å². The molecule has 19 heavy (non-hydrogen) atoms. The van der Waals surface area contributed by atoms with Crippen molar-refractivity contribution in [3.63, 3.8) is 0 Å². The molecule has 0 radical (unpaired) electrons. The van der Waals surface area contributed by atoms with Crippen molar-refractivity contribution in [3.8, 4) is 0 Å². The van der Waals surface area contributed by atoms with Crippen LogP contribution in [-0.4, -0.2) is 43.6 Å². The molecule has 0 aliphatic rings. The highest BCUT2D eigenvalue weighted by atomic mass is 16.5. The Bertz CT molecular complexity index is 319. The molecule has 108 valence electrons. The number of hydrogen-bond acceptors (Lipinski definition) is 4. The van der Waals surface area contributed by atoms with Crippen LogP contribution in [0.1, 0.15) is 18.9 Å². The fourth-order valence-corrected chi connectivity index (χ4v) is 1.81. The van der Waals surface area contributed by atoms with Gasteiger partial charge in [-0.05, 0) is 18.4 Å². The largest absolute Gasteiger partial charge is 0.390 e. The lowest BCUT2D eigenvalue weighted by molar-refractivity contribution is 0.120. The van der Waals surface area contributed by atoms with Crippen molar-refractivity contribution in [2.24, 2.45) is 5.73 Å². The number of ether oxygens (including phenoxy) is 1. The summed E-state index contributed by atoms with van der Waals surface area (Å²) in [5, 5.41) is 13.1. The average molecular weight is 266 g/mol. The fourth-order valence-electron chi connectivity index (χ4n) is 1.81. The first-order chi connectivity index (χ1) is 9.24. The topological polar surface area (TPSA) is 67.5 Å². The van der Waals surface area contributed by atoms with Gasteiger partial charge in [0.2, 0.25) is 0 Å². The van der Waals surface area contributed by atoms with Gasteiger partial charge in [0.1, 0.15) is 0 Å². The van der Waals surface area contributed by atoms with Crippen LogP contribution in [0.5, 0.6) is 0 Å². The van der Waals surface area contributed by atoms with Gasteiger partial charge in [-0.2, -0.15) is 0 Å². The highest BCUT2D eigenvalue weighted by Gasteiger charge is 2.14. The van der Waals surface area contributed by atoms with Crippen LogP contribution in [0.4, 0.5) is 0 Å². The highest BCUT2D eigenvalue weighted by molar-refractivity contribution is 5.16. The van der Waals surface area contributed by atoms with Gasteiger partial charge in [-0.1, -0.05) is 37.3 Å². The summed E-state index contributed by atoms with van der Waals surface area (Å²) in [6.07, 6.45) is 1.19. The van der Waals surface area contributed by atoms with E-state index in [-0.39, 0.29) is 6.04 Å². The molecule has 1 aromatic carbocycles. The van der Waals surface area contributed by atoms with Crippen molar-refractivity contribution in [2.75, 3.05) is 26.3 Å². The number of benzene rings is 1. The lowest BCUT2D eigenvalue weighted by Gasteiger charge is -2.19. The van der Waals surface area contributed by atoms with E-state index < -0.39 is 6.10 Å². The zero-order valence-corrected chi connectivity index (χ0v) is 11.7. The normalized spacial score (nSPS) is 14.3. The summed E-state index contributed by atoms with van der Waals surface area (Å²) in [5.74, 6) is 0. The molecule has 4 nitrogen and oxygen atoms in total. The van der Waals surface area contributed by atoms with E-state index in [1.165, 1.54) is 0 Å². The summed E-state index contributed by atoms with van der Waals surface area (Å²) in [4.78, 5) is 0.